The summed E-state index contributed by atoms with van der Waals surface area (Å²) in [4.78, 5) is 35.1. The van der Waals surface area contributed by atoms with Crippen LogP contribution in [0, 0.1) is 0 Å². The van der Waals surface area contributed by atoms with Crippen LogP contribution in [0.5, 0.6) is 0 Å². The summed E-state index contributed by atoms with van der Waals surface area (Å²) >= 11 is 4.30. The van der Waals surface area contributed by atoms with Gasteiger partial charge in [0.2, 0.25) is 0 Å². The average Bonchev–Trinajstić information content (AvgIpc) is 3.34. The second-order valence-corrected chi connectivity index (χ2v) is 9.26. The van der Waals surface area contributed by atoms with Gasteiger partial charge < -0.3 is 4.74 Å². The number of hydrogen-bond acceptors (Lipinski definition) is 8. The molecule has 29 heavy (non-hydrogen) atoms. The normalized spacial score (nSPS) is 11.1. The summed E-state index contributed by atoms with van der Waals surface area (Å²) in [6.07, 6.45) is 0. The van der Waals surface area contributed by atoms with Gasteiger partial charge in [0.05, 0.1) is 26.2 Å². The van der Waals surface area contributed by atoms with Crippen LogP contribution in [0.1, 0.15) is 6.92 Å². The molecule has 0 radical (unpaired) electrons. The van der Waals surface area contributed by atoms with E-state index in [0.717, 1.165) is 24.8 Å². The molecule has 4 rings (SSSR count). The highest BCUT2D eigenvalue weighted by atomic mass is 32.2. The molecule has 0 saturated carbocycles. The van der Waals surface area contributed by atoms with Crippen molar-refractivity contribution in [1.29, 1.82) is 0 Å². The summed E-state index contributed by atoms with van der Waals surface area (Å²) in [5.41, 5.74) is 1.76. The van der Waals surface area contributed by atoms with Crippen molar-refractivity contribution >= 4 is 71.9 Å². The molecule has 2 aromatic carbocycles. The van der Waals surface area contributed by atoms with Crippen LogP contribution in [-0.4, -0.2) is 40.7 Å². The van der Waals surface area contributed by atoms with E-state index in [1.165, 1.54) is 34.4 Å². The minimum atomic E-state index is -0.442. The predicted molar refractivity (Wildman–Crippen MR) is 119 cm³/mol. The number of thioether (sulfide) groups is 1. The Balaban J connectivity index is 1.32. The van der Waals surface area contributed by atoms with Gasteiger partial charge in [-0.1, -0.05) is 47.4 Å². The molecule has 0 spiro atoms. The molecule has 6 nitrogen and oxygen atoms in total. The number of benzene rings is 2. The van der Waals surface area contributed by atoms with Gasteiger partial charge in [0.1, 0.15) is 0 Å². The van der Waals surface area contributed by atoms with Crippen molar-refractivity contribution in [3.63, 3.8) is 0 Å². The number of amides is 1. The van der Waals surface area contributed by atoms with E-state index in [1.807, 2.05) is 55.5 Å². The predicted octanol–water partition coefficient (Wildman–Crippen LogP) is 4.59. The Morgan fingerprint density at radius 3 is 2.31 bits per heavy atom. The minimum absolute atomic E-state index is 0.111. The topological polar surface area (TPSA) is 72.4 Å². The van der Waals surface area contributed by atoms with Gasteiger partial charge >= 0.3 is 5.97 Å². The quantitative estimate of drug-likeness (QED) is 0.307. The molecule has 2 heterocycles. The number of thiazole rings is 2. The third kappa shape index (κ3) is 4.58. The van der Waals surface area contributed by atoms with E-state index in [9.17, 15) is 9.59 Å². The fourth-order valence-electron chi connectivity index (χ4n) is 2.69. The first kappa shape index (κ1) is 19.8. The molecule has 148 valence electrons. The maximum atomic E-state index is 12.5. The highest BCUT2D eigenvalue weighted by Crippen LogP contribution is 2.30. The van der Waals surface area contributed by atoms with Crippen LogP contribution in [0.4, 0.5) is 5.13 Å². The van der Waals surface area contributed by atoms with E-state index in [4.69, 9.17) is 4.74 Å². The lowest BCUT2D eigenvalue weighted by Gasteiger charge is -2.17. The Kier molecular flexibility index (Phi) is 6.08. The SMILES string of the molecule is CCN(C(=O)COC(=O)CSc1nc2ccccc2s1)c1nc2ccccc2s1. The smallest absolute Gasteiger partial charge is 0.316 e. The third-order valence-corrected chi connectivity index (χ3v) is 7.29. The fraction of sp³-hybridized carbons (Fsp3) is 0.200. The van der Waals surface area contributed by atoms with Crippen molar-refractivity contribution in [3.8, 4) is 0 Å². The van der Waals surface area contributed by atoms with Crippen molar-refractivity contribution in [2.24, 2.45) is 0 Å². The van der Waals surface area contributed by atoms with Gasteiger partial charge in [-0.05, 0) is 31.2 Å². The van der Waals surface area contributed by atoms with Crippen LogP contribution < -0.4 is 4.90 Å². The van der Waals surface area contributed by atoms with Gasteiger partial charge in [-0.15, -0.1) is 11.3 Å². The lowest BCUT2D eigenvalue weighted by atomic mass is 10.3. The number of ether oxygens (including phenoxy) is 1. The van der Waals surface area contributed by atoms with Gasteiger partial charge in [-0.2, -0.15) is 0 Å². The maximum Gasteiger partial charge on any atom is 0.316 e. The molecule has 0 N–H and O–H groups in total. The monoisotopic (exact) mass is 443 g/mol. The molecule has 0 aliphatic heterocycles. The zero-order valence-corrected chi connectivity index (χ0v) is 18.0. The number of rotatable bonds is 7. The summed E-state index contributed by atoms with van der Waals surface area (Å²) in [7, 11) is 0. The van der Waals surface area contributed by atoms with Crippen LogP contribution in [0.25, 0.3) is 20.4 Å². The fourth-order valence-corrected chi connectivity index (χ4v) is 5.60. The van der Waals surface area contributed by atoms with Crippen LogP contribution in [0.15, 0.2) is 52.9 Å². The average molecular weight is 444 g/mol. The highest BCUT2D eigenvalue weighted by molar-refractivity contribution is 8.01. The first-order chi connectivity index (χ1) is 14.1. The number of anilines is 1. The second-order valence-electron chi connectivity index (χ2n) is 6.00. The highest BCUT2D eigenvalue weighted by Gasteiger charge is 2.20. The molecule has 9 heteroatoms. The Hall–Kier alpha value is -2.49. The Morgan fingerprint density at radius 1 is 1.00 bits per heavy atom. The molecule has 4 aromatic rings. The number of aromatic nitrogens is 2. The Morgan fingerprint density at radius 2 is 1.66 bits per heavy atom. The molecule has 2 aromatic heterocycles. The lowest BCUT2D eigenvalue weighted by molar-refractivity contribution is -0.145. The van der Waals surface area contributed by atoms with Crippen LogP contribution >= 0.6 is 34.4 Å². The van der Waals surface area contributed by atoms with Crippen molar-refractivity contribution in [3.05, 3.63) is 48.5 Å². The van der Waals surface area contributed by atoms with Crippen molar-refractivity contribution in [2.45, 2.75) is 11.3 Å². The van der Waals surface area contributed by atoms with Crippen molar-refractivity contribution < 1.29 is 14.3 Å². The summed E-state index contributed by atoms with van der Waals surface area (Å²) < 4.78 is 8.07. The molecule has 0 fully saturated rings. The first-order valence-electron chi connectivity index (χ1n) is 8.94. The van der Waals surface area contributed by atoms with E-state index >= 15 is 0 Å². The minimum Gasteiger partial charge on any atom is -0.455 e. The number of likely N-dealkylation sites (N-methyl/N-ethyl adjacent to an activating group) is 1. The number of carbonyl (C=O) groups excluding carboxylic acids is 2. The number of carbonyl (C=O) groups is 2. The van der Waals surface area contributed by atoms with E-state index in [1.54, 1.807) is 4.90 Å². The van der Waals surface area contributed by atoms with E-state index in [2.05, 4.69) is 9.97 Å². The van der Waals surface area contributed by atoms with Crippen molar-refractivity contribution in [2.75, 3.05) is 23.8 Å². The maximum absolute atomic E-state index is 12.5. The van der Waals surface area contributed by atoms with Gasteiger partial charge in [0.15, 0.2) is 16.1 Å². The van der Waals surface area contributed by atoms with Crippen LogP contribution in [-0.2, 0) is 14.3 Å². The standard InChI is InChI=1S/C20H17N3O3S3/c1-2-23(19-21-13-7-3-5-9-15(13)28-19)17(24)11-26-18(25)12-27-20-22-14-8-4-6-10-16(14)29-20/h3-10H,2,11-12H2,1H3. The molecular weight excluding hydrogens is 426 g/mol. The Bertz CT molecular complexity index is 1110. The van der Waals surface area contributed by atoms with E-state index in [-0.39, 0.29) is 18.3 Å². The van der Waals surface area contributed by atoms with Crippen LogP contribution in [0.3, 0.4) is 0 Å². The van der Waals surface area contributed by atoms with Crippen molar-refractivity contribution in [1.82, 2.24) is 9.97 Å². The summed E-state index contributed by atoms with van der Waals surface area (Å²) in [5.74, 6) is -0.617. The number of hydrogen-bond donors (Lipinski definition) is 0. The summed E-state index contributed by atoms with van der Waals surface area (Å²) in [5, 5.41) is 0.610. The molecule has 1 amide bonds. The molecular formula is C20H17N3O3S3. The zero-order chi connectivity index (χ0) is 20.2. The molecule has 0 unspecified atom stereocenters. The number of nitrogens with zero attached hydrogens (tertiary/aromatic N) is 3. The molecule has 0 saturated heterocycles. The van der Waals surface area contributed by atoms with Gasteiger partial charge in [0.25, 0.3) is 5.91 Å². The molecule has 0 aliphatic carbocycles. The second kappa shape index (κ2) is 8.89. The number of para-hydroxylation sites is 2. The van der Waals surface area contributed by atoms with E-state index in [0.29, 0.717) is 11.7 Å². The molecule has 0 atom stereocenters. The van der Waals surface area contributed by atoms with Gasteiger partial charge in [-0.25, -0.2) is 9.97 Å². The zero-order valence-electron chi connectivity index (χ0n) is 15.5. The number of fused-ring (bicyclic) bond motifs is 2. The molecule has 0 bridgehead atoms. The summed E-state index contributed by atoms with van der Waals surface area (Å²) in [6, 6.07) is 15.5. The van der Waals surface area contributed by atoms with E-state index < -0.39 is 5.97 Å². The van der Waals surface area contributed by atoms with Gasteiger partial charge in [0, 0.05) is 6.54 Å². The summed E-state index contributed by atoms with van der Waals surface area (Å²) in [6.45, 7) is 2.02. The van der Waals surface area contributed by atoms with Crippen LogP contribution in [0.2, 0.25) is 0 Å². The third-order valence-electron chi connectivity index (χ3n) is 4.08. The largest absolute Gasteiger partial charge is 0.455 e. The molecule has 0 aliphatic rings. The Labute approximate surface area is 179 Å². The first-order valence-corrected chi connectivity index (χ1v) is 11.6. The number of esters is 1. The lowest BCUT2D eigenvalue weighted by Crippen LogP contribution is -2.34. The van der Waals surface area contributed by atoms with Gasteiger partial charge in [-0.3, -0.25) is 14.5 Å².